The quantitative estimate of drug-likeness (QED) is 0.850. The predicted octanol–water partition coefficient (Wildman–Crippen LogP) is 3.14. The minimum atomic E-state index is -1.03. The number of halogens is 2. The number of nitrogens with zero attached hydrogens (tertiary/aromatic N) is 1. The lowest BCUT2D eigenvalue weighted by atomic mass is 10.1. The van der Waals surface area contributed by atoms with E-state index in [-0.39, 0.29) is 24.3 Å². The van der Waals surface area contributed by atoms with E-state index in [1.54, 1.807) is 0 Å². The van der Waals surface area contributed by atoms with Crippen molar-refractivity contribution >= 4 is 5.91 Å². The van der Waals surface area contributed by atoms with E-state index in [1.165, 1.54) is 11.0 Å². The summed E-state index contributed by atoms with van der Waals surface area (Å²) < 4.78 is 31.7. The van der Waals surface area contributed by atoms with Crippen molar-refractivity contribution in [2.45, 2.75) is 6.10 Å². The first-order valence-electron chi connectivity index (χ1n) is 6.56. The molecule has 1 fully saturated rings. The van der Waals surface area contributed by atoms with E-state index < -0.39 is 11.6 Å². The Labute approximate surface area is 120 Å². The fourth-order valence-electron chi connectivity index (χ4n) is 2.31. The van der Waals surface area contributed by atoms with Gasteiger partial charge in [-0.1, -0.05) is 30.3 Å². The lowest BCUT2D eigenvalue weighted by Crippen LogP contribution is -2.28. The second kappa shape index (κ2) is 5.61. The summed E-state index contributed by atoms with van der Waals surface area (Å²) in [7, 11) is 0. The molecule has 2 aromatic carbocycles. The SMILES string of the molecule is O=C(c1ccc(F)c(F)c1)N1COC(c2ccccc2)C1. The van der Waals surface area contributed by atoms with E-state index in [0.29, 0.717) is 6.54 Å². The zero-order valence-electron chi connectivity index (χ0n) is 11.1. The lowest BCUT2D eigenvalue weighted by Gasteiger charge is -2.14. The fourth-order valence-corrected chi connectivity index (χ4v) is 2.31. The monoisotopic (exact) mass is 289 g/mol. The molecule has 1 saturated heterocycles. The Morgan fingerprint density at radius 1 is 1.10 bits per heavy atom. The highest BCUT2D eigenvalue weighted by Crippen LogP contribution is 2.25. The Morgan fingerprint density at radius 3 is 2.57 bits per heavy atom. The van der Waals surface area contributed by atoms with Gasteiger partial charge in [0.15, 0.2) is 11.6 Å². The van der Waals surface area contributed by atoms with Gasteiger partial charge in [0.1, 0.15) is 12.8 Å². The van der Waals surface area contributed by atoms with Gasteiger partial charge in [-0.05, 0) is 23.8 Å². The first kappa shape index (κ1) is 13.7. The van der Waals surface area contributed by atoms with Crippen LogP contribution in [0.5, 0.6) is 0 Å². The van der Waals surface area contributed by atoms with Crippen molar-refractivity contribution < 1.29 is 18.3 Å². The fraction of sp³-hybridized carbons (Fsp3) is 0.188. The zero-order valence-corrected chi connectivity index (χ0v) is 11.1. The molecule has 0 spiro atoms. The summed E-state index contributed by atoms with van der Waals surface area (Å²) >= 11 is 0. The zero-order chi connectivity index (χ0) is 14.8. The van der Waals surface area contributed by atoms with Crippen LogP contribution in [0, 0.1) is 11.6 Å². The van der Waals surface area contributed by atoms with Gasteiger partial charge in [-0.25, -0.2) is 8.78 Å². The van der Waals surface area contributed by atoms with Gasteiger partial charge in [0.2, 0.25) is 0 Å². The minimum Gasteiger partial charge on any atom is -0.351 e. The average Bonchev–Trinajstić information content (AvgIpc) is 3.00. The molecule has 0 N–H and O–H groups in total. The van der Waals surface area contributed by atoms with Crippen LogP contribution in [0.3, 0.4) is 0 Å². The first-order chi connectivity index (χ1) is 10.1. The van der Waals surface area contributed by atoms with E-state index in [1.807, 2.05) is 30.3 Å². The largest absolute Gasteiger partial charge is 0.351 e. The Hall–Kier alpha value is -2.27. The van der Waals surface area contributed by atoms with Crippen molar-refractivity contribution in [1.82, 2.24) is 4.90 Å². The molecule has 1 aliphatic rings. The molecule has 0 saturated carbocycles. The number of ether oxygens (including phenoxy) is 1. The van der Waals surface area contributed by atoms with Gasteiger partial charge >= 0.3 is 0 Å². The third kappa shape index (κ3) is 2.78. The molecule has 0 aliphatic carbocycles. The van der Waals surface area contributed by atoms with Gasteiger partial charge in [0.05, 0.1) is 6.54 Å². The number of rotatable bonds is 2. The van der Waals surface area contributed by atoms with Gasteiger partial charge in [0.25, 0.3) is 5.91 Å². The third-order valence-electron chi connectivity index (χ3n) is 3.44. The Kier molecular flexibility index (Phi) is 3.66. The summed E-state index contributed by atoms with van der Waals surface area (Å²) in [6.45, 7) is 0.527. The van der Waals surface area contributed by atoms with Crippen LogP contribution < -0.4 is 0 Å². The molecule has 1 amide bonds. The number of carbonyl (C=O) groups is 1. The molecule has 3 nitrogen and oxygen atoms in total. The van der Waals surface area contributed by atoms with Crippen LogP contribution in [0.1, 0.15) is 22.0 Å². The number of hydrogen-bond acceptors (Lipinski definition) is 2. The molecule has 1 unspecified atom stereocenters. The number of carbonyl (C=O) groups excluding carboxylic acids is 1. The summed E-state index contributed by atoms with van der Waals surface area (Å²) in [5, 5.41) is 0. The molecule has 0 radical (unpaired) electrons. The smallest absolute Gasteiger partial charge is 0.255 e. The van der Waals surface area contributed by atoms with Crippen molar-refractivity contribution in [3.63, 3.8) is 0 Å². The molecule has 3 rings (SSSR count). The highest BCUT2D eigenvalue weighted by molar-refractivity contribution is 5.94. The van der Waals surface area contributed by atoms with Crippen molar-refractivity contribution in [3.05, 3.63) is 71.3 Å². The predicted molar refractivity (Wildman–Crippen MR) is 72.5 cm³/mol. The molecule has 1 aliphatic heterocycles. The van der Waals surface area contributed by atoms with Crippen molar-refractivity contribution in [3.8, 4) is 0 Å². The number of hydrogen-bond donors (Lipinski definition) is 0. The second-order valence-corrected chi connectivity index (χ2v) is 4.85. The molecule has 5 heteroatoms. The molecule has 1 heterocycles. The normalized spacial score (nSPS) is 18.0. The van der Waals surface area contributed by atoms with Crippen LogP contribution in [-0.2, 0) is 4.74 Å². The van der Waals surface area contributed by atoms with Crippen molar-refractivity contribution in [1.29, 1.82) is 0 Å². The highest BCUT2D eigenvalue weighted by atomic mass is 19.2. The highest BCUT2D eigenvalue weighted by Gasteiger charge is 2.28. The van der Waals surface area contributed by atoms with E-state index in [0.717, 1.165) is 17.7 Å². The minimum absolute atomic E-state index is 0.117. The van der Waals surface area contributed by atoms with Gasteiger partial charge in [-0.15, -0.1) is 0 Å². The van der Waals surface area contributed by atoms with Gasteiger partial charge < -0.3 is 9.64 Å². The number of amides is 1. The average molecular weight is 289 g/mol. The molecular formula is C16H13F2NO2. The summed E-state index contributed by atoms with van der Waals surface area (Å²) in [5.41, 5.74) is 1.10. The maximum atomic E-state index is 13.2. The van der Waals surface area contributed by atoms with E-state index in [9.17, 15) is 13.6 Å². The molecule has 1 atom stereocenters. The molecule has 21 heavy (non-hydrogen) atoms. The maximum absolute atomic E-state index is 13.2. The van der Waals surface area contributed by atoms with E-state index in [2.05, 4.69) is 0 Å². The van der Waals surface area contributed by atoms with Gasteiger partial charge in [0, 0.05) is 5.56 Å². The number of benzene rings is 2. The van der Waals surface area contributed by atoms with Crippen LogP contribution in [0.25, 0.3) is 0 Å². The summed E-state index contributed by atoms with van der Waals surface area (Å²) in [6.07, 6.45) is -0.194. The lowest BCUT2D eigenvalue weighted by molar-refractivity contribution is 0.0630. The Balaban J connectivity index is 1.74. The van der Waals surface area contributed by atoms with Crippen molar-refractivity contribution in [2.24, 2.45) is 0 Å². The van der Waals surface area contributed by atoms with Crippen LogP contribution >= 0.6 is 0 Å². The molecular weight excluding hydrogens is 276 g/mol. The van der Waals surface area contributed by atoms with Crippen LogP contribution in [0.15, 0.2) is 48.5 Å². The molecule has 108 valence electrons. The Morgan fingerprint density at radius 2 is 1.86 bits per heavy atom. The van der Waals surface area contributed by atoms with Gasteiger partial charge in [-0.2, -0.15) is 0 Å². The van der Waals surface area contributed by atoms with Crippen molar-refractivity contribution in [2.75, 3.05) is 13.3 Å². The standard InChI is InChI=1S/C16H13F2NO2/c17-13-7-6-12(8-14(13)18)16(20)19-9-15(21-10-19)11-4-2-1-3-5-11/h1-8,15H,9-10H2. The topological polar surface area (TPSA) is 29.5 Å². The van der Waals surface area contributed by atoms with Crippen LogP contribution in [0.2, 0.25) is 0 Å². The summed E-state index contributed by atoms with van der Waals surface area (Å²) in [5.74, 6) is -2.36. The molecule has 0 bridgehead atoms. The third-order valence-corrected chi connectivity index (χ3v) is 3.44. The molecule has 0 aromatic heterocycles. The summed E-state index contributed by atoms with van der Waals surface area (Å²) in [4.78, 5) is 13.7. The van der Waals surface area contributed by atoms with Crippen LogP contribution in [0.4, 0.5) is 8.78 Å². The maximum Gasteiger partial charge on any atom is 0.255 e. The van der Waals surface area contributed by atoms with E-state index in [4.69, 9.17) is 4.74 Å². The van der Waals surface area contributed by atoms with Crippen LogP contribution in [-0.4, -0.2) is 24.1 Å². The molecule has 2 aromatic rings. The first-order valence-corrected chi connectivity index (χ1v) is 6.56. The van der Waals surface area contributed by atoms with E-state index >= 15 is 0 Å². The second-order valence-electron chi connectivity index (χ2n) is 4.85. The summed E-state index contributed by atoms with van der Waals surface area (Å²) in [6, 6.07) is 12.7. The Bertz CT molecular complexity index is 661. The van der Waals surface area contributed by atoms with Gasteiger partial charge in [-0.3, -0.25) is 4.79 Å².